The lowest BCUT2D eigenvalue weighted by atomic mass is 10.2. The van der Waals surface area contributed by atoms with Gasteiger partial charge < -0.3 is 14.0 Å². The van der Waals surface area contributed by atoms with Crippen LogP contribution in [-0.4, -0.2) is 20.4 Å². The third-order valence-corrected chi connectivity index (χ3v) is 6.66. The van der Waals surface area contributed by atoms with Crippen molar-refractivity contribution in [1.82, 2.24) is 9.88 Å². The molecular weight excluding hydrogens is 376 g/mol. The van der Waals surface area contributed by atoms with Gasteiger partial charge in [0.15, 0.2) is 17.3 Å². The smallest absolute Gasteiger partial charge is 0.241 e. The number of nitrogens with zero attached hydrogens (tertiary/aromatic N) is 1. The predicted molar refractivity (Wildman–Crippen MR) is 95.9 cm³/mol. The van der Waals surface area contributed by atoms with Crippen LogP contribution in [0, 0.1) is 13.8 Å². The van der Waals surface area contributed by atoms with Crippen molar-refractivity contribution in [3.8, 4) is 22.1 Å². The van der Waals surface area contributed by atoms with E-state index in [0.717, 1.165) is 16.1 Å². The van der Waals surface area contributed by atoms with Crippen LogP contribution in [0.3, 0.4) is 0 Å². The Hall–Kier alpha value is -2.36. The van der Waals surface area contributed by atoms with E-state index in [1.54, 1.807) is 37.3 Å². The molecule has 136 valence electrons. The molecule has 3 heterocycles. The molecule has 0 bridgehead atoms. The monoisotopic (exact) mass is 392 g/mol. The summed E-state index contributed by atoms with van der Waals surface area (Å²) in [6.45, 7) is 3.93. The van der Waals surface area contributed by atoms with E-state index in [1.165, 1.54) is 11.3 Å². The minimum Gasteiger partial charge on any atom is -0.454 e. The third-order valence-electron chi connectivity index (χ3n) is 3.94. The fourth-order valence-electron chi connectivity index (χ4n) is 2.64. The van der Waals surface area contributed by atoms with Gasteiger partial charge >= 0.3 is 0 Å². The average Bonchev–Trinajstić information content (AvgIpc) is 3.32. The van der Waals surface area contributed by atoms with Crippen LogP contribution in [0.1, 0.15) is 16.1 Å². The first-order valence-electron chi connectivity index (χ1n) is 7.85. The van der Waals surface area contributed by atoms with Crippen molar-refractivity contribution in [3.05, 3.63) is 46.5 Å². The largest absolute Gasteiger partial charge is 0.454 e. The van der Waals surface area contributed by atoms with E-state index in [0.29, 0.717) is 22.1 Å². The van der Waals surface area contributed by atoms with Gasteiger partial charge in [0.1, 0.15) is 0 Å². The van der Waals surface area contributed by atoms with E-state index in [1.807, 2.05) is 6.92 Å². The molecule has 0 unspecified atom stereocenters. The molecular formula is C17H16N2O5S2. The van der Waals surface area contributed by atoms with Crippen LogP contribution in [0.25, 0.3) is 10.6 Å². The molecule has 2 aromatic heterocycles. The van der Waals surface area contributed by atoms with Crippen LogP contribution in [0.15, 0.2) is 39.8 Å². The maximum Gasteiger partial charge on any atom is 0.241 e. The van der Waals surface area contributed by atoms with Gasteiger partial charge in [-0.05, 0) is 37.6 Å². The second-order valence-electron chi connectivity index (χ2n) is 5.88. The van der Waals surface area contributed by atoms with Crippen molar-refractivity contribution in [1.29, 1.82) is 0 Å². The number of aryl methyl sites for hydroxylation is 2. The molecule has 0 amide bonds. The molecule has 7 nitrogen and oxygen atoms in total. The Morgan fingerprint density at radius 3 is 2.73 bits per heavy atom. The molecule has 0 fully saturated rings. The van der Waals surface area contributed by atoms with Crippen LogP contribution >= 0.6 is 11.3 Å². The molecule has 0 spiro atoms. The van der Waals surface area contributed by atoms with Gasteiger partial charge in [0.05, 0.1) is 15.5 Å². The molecule has 3 aromatic rings. The highest BCUT2D eigenvalue weighted by Gasteiger charge is 2.22. The minimum absolute atomic E-state index is 0.158. The van der Waals surface area contributed by atoms with Crippen LogP contribution in [0.5, 0.6) is 11.5 Å². The van der Waals surface area contributed by atoms with Crippen LogP contribution in [-0.2, 0) is 16.6 Å². The molecule has 0 aliphatic carbocycles. The van der Waals surface area contributed by atoms with Crippen LogP contribution < -0.4 is 14.2 Å². The molecule has 1 aromatic carbocycles. The fourth-order valence-corrected chi connectivity index (χ4v) is 5.20. The SMILES string of the molecule is Cc1cc(-c2cc(S(=O)(=O)NCc3ccc4c(c3)OCO4)c(C)s2)on1. The molecule has 0 atom stereocenters. The Bertz CT molecular complexity index is 1070. The second-order valence-corrected chi connectivity index (χ2v) is 8.87. The van der Waals surface area contributed by atoms with Crippen LogP contribution in [0.4, 0.5) is 0 Å². The molecule has 1 N–H and O–H groups in total. The molecule has 1 aliphatic heterocycles. The number of nitrogens with one attached hydrogen (secondary N) is 1. The predicted octanol–water partition coefficient (Wildman–Crippen LogP) is 3.23. The summed E-state index contributed by atoms with van der Waals surface area (Å²) in [5, 5.41) is 3.84. The zero-order valence-electron chi connectivity index (χ0n) is 14.1. The van der Waals surface area contributed by atoms with Crippen LogP contribution in [0.2, 0.25) is 0 Å². The molecule has 4 rings (SSSR count). The number of hydrogen-bond acceptors (Lipinski definition) is 7. The van der Waals surface area contributed by atoms with E-state index in [2.05, 4.69) is 9.88 Å². The molecule has 1 aliphatic rings. The van der Waals surface area contributed by atoms with Crippen molar-refractivity contribution >= 4 is 21.4 Å². The van der Waals surface area contributed by atoms with Gasteiger partial charge in [-0.1, -0.05) is 11.2 Å². The van der Waals surface area contributed by atoms with Gasteiger partial charge in [-0.15, -0.1) is 11.3 Å². The quantitative estimate of drug-likeness (QED) is 0.717. The molecule has 9 heteroatoms. The summed E-state index contributed by atoms with van der Waals surface area (Å²) in [5.41, 5.74) is 1.54. The van der Waals surface area contributed by atoms with Crippen molar-refractivity contribution in [2.45, 2.75) is 25.3 Å². The standard InChI is InChI=1S/C17H16N2O5S2/c1-10-5-15(24-19-10)16-7-17(11(2)25-16)26(20,21)18-8-12-3-4-13-14(6-12)23-9-22-13/h3-7,18H,8-9H2,1-2H3. The number of thiophene rings is 1. The summed E-state index contributed by atoms with van der Waals surface area (Å²) in [7, 11) is -3.66. The van der Waals surface area contributed by atoms with E-state index in [-0.39, 0.29) is 18.2 Å². The highest BCUT2D eigenvalue weighted by atomic mass is 32.2. The molecule has 0 radical (unpaired) electrons. The Morgan fingerprint density at radius 2 is 1.96 bits per heavy atom. The highest BCUT2D eigenvalue weighted by Crippen LogP contribution is 2.34. The maximum absolute atomic E-state index is 12.7. The molecule has 0 saturated carbocycles. The number of aromatic nitrogens is 1. The summed E-state index contributed by atoms with van der Waals surface area (Å²) < 4.78 is 43.8. The molecule has 26 heavy (non-hydrogen) atoms. The average molecular weight is 392 g/mol. The molecule has 0 saturated heterocycles. The Morgan fingerprint density at radius 1 is 1.15 bits per heavy atom. The van der Waals surface area contributed by atoms with Gasteiger partial charge in [-0.3, -0.25) is 0 Å². The van der Waals surface area contributed by atoms with Crippen molar-refractivity contribution in [3.63, 3.8) is 0 Å². The van der Waals surface area contributed by atoms with E-state index >= 15 is 0 Å². The van der Waals surface area contributed by atoms with Gasteiger partial charge in [0, 0.05) is 17.5 Å². The van der Waals surface area contributed by atoms with Crippen molar-refractivity contribution < 1.29 is 22.4 Å². The van der Waals surface area contributed by atoms with E-state index in [4.69, 9.17) is 14.0 Å². The summed E-state index contributed by atoms with van der Waals surface area (Å²) in [6.07, 6.45) is 0. The fraction of sp³-hybridized carbons (Fsp3) is 0.235. The first kappa shape index (κ1) is 17.1. The van der Waals surface area contributed by atoms with Gasteiger partial charge in [-0.25, -0.2) is 13.1 Å². The first-order chi connectivity index (χ1) is 12.4. The summed E-state index contributed by atoms with van der Waals surface area (Å²) in [5.74, 6) is 1.85. The Balaban J connectivity index is 1.54. The maximum atomic E-state index is 12.7. The lowest BCUT2D eigenvalue weighted by molar-refractivity contribution is 0.174. The lowest BCUT2D eigenvalue weighted by Crippen LogP contribution is -2.23. The van der Waals surface area contributed by atoms with Crippen molar-refractivity contribution in [2.24, 2.45) is 0 Å². The van der Waals surface area contributed by atoms with Gasteiger partial charge in [0.2, 0.25) is 16.8 Å². The Kier molecular flexibility index (Phi) is 4.22. The summed E-state index contributed by atoms with van der Waals surface area (Å²) >= 11 is 1.36. The number of ether oxygens (including phenoxy) is 2. The minimum atomic E-state index is -3.66. The number of sulfonamides is 1. The second kappa shape index (κ2) is 6.42. The zero-order chi connectivity index (χ0) is 18.3. The van der Waals surface area contributed by atoms with E-state index in [9.17, 15) is 8.42 Å². The number of benzene rings is 1. The summed E-state index contributed by atoms with van der Waals surface area (Å²) in [4.78, 5) is 1.66. The van der Waals surface area contributed by atoms with Gasteiger partial charge in [-0.2, -0.15) is 0 Å². The van der Waals surface area contributed by atoms with Crippen molar-refractivity contribution in [2.75, 3.05) is 6.79 Å². The Labute approximate surface area is 154 Å². The van der Waals surface area contributed by atoms with E-state index < -0.39 is 10.0 Å². The number of rotatable bonds is 5. The summed E-state index contributed by atoms with van der Waals surface area (Å²) in [6, 6.07) is 8.74. The topological polar surface area (TPSA) is 90.7 Å². The normalized spacial score (nSPS) is 13.3. The lowest BCUT2D eigenvalue weighted by Gasteiger charge is -2.07. The zero-order valence-corrected chi connectivity index (χ0v) is 15.7. The number of hydrogen-bond donors (Lipinski definition) is 1. The number of fused-ring (bicyclic) bond motifs is 1. The first-order valence-corrected chi connectivity index (χ1v) is 10.1. The van der Waals surface area contributed by atoms with Gasteiger partial charge in [0.25, 0.3) is 0 Å². The highest BCUT2D eigenvalue weighted by molar-refractivity contribution is 7.89. The third kappa shape index (κ3) is 3.20.